The number of aromatic nitrogens is 1. The highest BCUT2D eigenvalue weighted by Crippen LogP contribution is 2.24. The largest absolute Gasteiger partial charge is 0.384 e. The number of Topliss-reactive ketones (excluding diaryl/α,β-unsaturated/α-hetero) is 1. The molecule has 2 heterocycles. The number of ketones is 1. The highest BCUT2D eigenvalue weighted by Gasteiger charge is 2.14. The predicted molar refractivity (Wildman–Crippen MR) is 68.8 cm³/mol. The van der Waals surface area contributed by atoms with Crippen molar-refractivity contribution < 1.29 is 4.79 Å². The summed E-state index contributed by atoms with van der Waals surface area (Å²) in [6, 6.07) is 5.92. The van der Waals surface area contributed by atoms with Crippen molar-refractivity contribution in [2.24, 2.45) is 0 Å². The van der Waals surface area contributed by atoms with E-state index in [1.807, 2.05) is 23.6 Å². The van der Waals surface area contributed by atoms with Gasteiger partial charge in [0.05, 0.1) is 6.42 Å². The Hall–Kier alpha value is -1.68. The van der Waals surface area contributed by atoms with E-state index in [-0.39, 0.29) is 5.78 Å². The number of anilines is 1. The SMILES string of the molecule is O=C(Cc1nccs1)c1ccc2c(c1)NCC2. The smallest absolute Gasteiger partial charge is 0.169 e. The van der Waals surface area contributed by atoms with Gasteiger partial charge in [-0.25, -0.2) is 4.98 Å². The molecule has 0 unspecified atom stereocenters. The summed E-state index contributed by atoms with van der Waals surface area (Å²) in [7, 11) is 0. The lowest BCUT2D eigenvalue weighted by Gasteiger charge is -2.03. The van der Waals surface area contributed by atoms with Gasteiger partial charge in [0, 0.05) is 29.4 Å². The van der Waals surface area contributed by atoms with Crippen LogP contribution < -0.4 is 5.32 Å². The molecule has 2 aromatic rings. The summed E-state index contributed by atoms with van der Waals surface area (Å²) < 4.78 is 0. The average molecular weight is 244 g/mol. The lowest BCUT2D eigenvalue weighted by Crippen LogP contribution is -2.03. The molecule has 1 aliphatic rings. The predicted octanol–water partition coefficient (Wildman–Crippen LogP) is 2.54. The molecule has 1 aromatic carbocycles. The minimum atomic E-state index is 0.136. The zero-order chi connectivity index (χ0) is 11.7. The minimum absolute atomic E-state index is 0.136. The highest BCUT2D eigenvalue weighted by atomic mass is 32.1. The van der Waals surface area contributed by atoms with Crippen LogP contribution in [0.2, 0.25) is 0 Å². The molecule has 1 N–H and O–H groups in total. The maximum absolute atomic E-state index is 12.1. The molecule has 1 aromatic heterocycles. The van der Waals surface area contributed by atoms with Crippen LogP contribution in [0.5, 0.6) is 0 Å². The highest BCUT2D eigenvalue weighted by molar-refractivity contribution is 7.09. The molecule has 17 heavy (non-hydrogen) atoms. The van der Waals surface area contributed by atoms with Crippen LogP contribution in [0.25, 0.3) is 0 Å². The first-order valence-electron chi connectivity index (χ1n) is 5.61. The van der Waals surface area contributed by atoms with Gasteiger partial charge >= 0.3 is 0 Å². The Kier molecular flexibility index (Phi) is 2.65. The number of fused-ring (bicyclic) bond motifs is 1. The minimum Gasteiger partial charge on any atom is -0.384 e. The van der Waals surface area contributed by atoms with Crippen LogP contribution in [0, 0.1) is 0 Å². The van der Waals surface area contributed by atoms with Crippen molar-refractivity contribution in [3.8, 4) is 0 Å². The lowest BCUT2D eigenvalue weighted by molar-refractivity contribution is 0.0993. The molecule has 3 rings (SSSR count). The Morgan fingerprint density at radius 3 is 3.24 bits per heavy atom. The Morgan fingerprint density at radius 1 is 1.47 bits per heavy atom. The van der Waals surface area contributed by atoms with Gasteiger partial charge in [0.2, 0.25) is 0 Å². The number of carbonyl (C=O) groups is 1. The second kappa shape index (κ2) is 4.30. The summed E-state index contributed by atoms with van der Waals surface area (Å²) in [6.07, 6.45) is 3.18. The van der Waals surface area contributed by atoms with Crippen molar-refractivity contribution in [2.75, 3.05) is 11.9 Å². The van der Waals surface area contributed by atoms with Gasteiger partial charge in [0.1, 0.15) is 5.01 Å². The summed E-state index contributed by atoms with van der Waals surface area (Å²) in [6.45, 7) is 0.972. The lowest BCUT2D eigenvalue weighted by atomic mass is 10.0. The molecule has 0 spiro atoms. The van der Waals surface area contributed by atoms with E-state index in [1.54, 1.807) is 6.20 Å². The fraction of sp³-hybridized carbons (Fsp3) is 0.231. The fourth-order valence-corrected chi connectivity index (χ4v) is 2.66. The molecule has 0 fully saturated rings. The second-order valence-electron chi connectivity index (χ2n) is 4.07. The summed E-state index contributed by atoms with van der Waals surface area (Å²) >= 11 is 1.52. The van der Waals surface area contributed by atoms with Crippen LogP contribution in [0.4, 0.5) is 5.69 Å². The number of rotatable bonds is 3. The molecule has 4 heteroatoms. The molecule has 0 amide bonds. The molecule has 0 saturated heterocycles. The van der Waals surface area contributed by atoms with E-state index in [0.29, 0.717) is 6.42 Å². The Morgan fingerprint density at radius 2 is 2.41 bits per heavy atom. The molecule has 0 bridgehead atoms. The Labute approximate surface area is 104 Å². The maximum Gasteiger partial charge on any atom is 0.169 e. The van der Waals surface area contributed by atoms with Crippen molar-refractivity contribution in [2.45, 2.75) is 12.8 Å². The van der Waals surface area contributed by atoms with Gasteiger partial charge < -0.3 is 5.32 Å². The van der Waals surface area contributed by atoms with Gasteiger partial charge in [0.15, 0.2) is 5.78 Å². The van der Waals surface area contributed by atoms with E-state index < -0.39 is 0 Å². The Bertz CT molecular complexity index is 549. The van der Waals surface area contributed by atoms with Gasteiger partial charge in [-0.05, 0) is 18.1 Å². The van der Waals surface area contributed by atoms with Crippen molar-refractivity contribution in [1.29, 1.82) is 0 Å². The van der Waals surface area contributed by atoms with E-state index in [2.05, 4.69) is 10.3 Å². The van der Waals surface area contributed by atoms with Crippen LogP contribution in [0.3, 0.4) is 0 Å². The summed E-state index contributed by atoms with van der Waals surface area (Å²) in [4.78, 5) is 16.2. The second-order valence-corrected chi connectivity index (χ2v) is 5.05. The molecule has 0 saturated carbocycles. The van der Waals surface area contributed by atoms with E-state index in [1.165, 1.54) is 16.9 Å². The van der Waals surface area contributed by atoms with Gasteiger partial charge in [-0.1, -0.05) is 12.1 Å². The van der Waals surface area contributed by atoms with Crippen molar-refractivity contribution in [1.82, 2.24) is 4.98 Å². The molecule has 86 valence electrons. The van der Waals surface area contributed by atoms with Gasteiger partial charge in [-0.2, -0.15) is 0 Å². The monoisotopic (exact) mass is 244 g/mol. The zero-order valence-corrected chi connectivity index (χ0v) is 10.1. The summed E-state index contributed by atoms with van der Waals surface area (Å²) in [5.41, 5.74) is 3.18. The molecule has 0 atom stereocenters. The summed E-state index contributed by atoms with van der Waals surface area (Å²) in [5, 5.41) is 6.06. The first kappa shape index (κ1) is 10.5. The molecule has 1 aliphatic heterocycles. The van der Waals surface area contributed by atoms with Crippen molar-refractivity contribution in [3.63, 3.8) is 0 Å². The van der Waals surface area contributed by atoms with E-state index in [9.17, 15) is 4.79 Å². The quantitative estimate of drug-likeness (QED) is 0.844. The number of carbonyl (C=O) groups excluding carboxylic acids is 1. The third-order valence-corrected chi connectivity index (χ3v) is 3.72. The van der Waals surface area contributed by atoms with Gasteiger partial charge in [-0.15, -0.1) is 11.3 Å². The number of nitrogens with one attached hydrogen (secondary N) is 1. The van der Waals surface area contributed by atoms with Crippen LogP contribution >= 0.6 is 11.3 Å². The van der Waals surface area contributed by atoms with Crippen molar-refractivity contribution in [3.05, 3.63) is 45.9 Å². The fourth-order valence-electron chi connectivity index (χ4n) is 2.04. The van der Waals surface area contributed by atoms with Crippen molar-refractivity contribution >= 4 is 22.8 Å². The van der Waals surface area contributed by atoms with Gasteiger partial charge in [-0.3, -0.25) is 4.79 Å². The molecule has 0 aliphatic carbocycles. The van der Waals surface area contributed by atoms with Crippen LogP contribution in [-0.4, -0.2) is 17.3 Å². The number of nitrogens with zero attached hydrogens (tertiary/aromatic N) is 1. The van der Waals surface area contributed by atoms with E-state index in [4.69, 9.17) is 0 Å². The molecule has 0 radical (unpaired) electrons. The number of thiazole rings is 1. The van der Waals surface area contributed by atoms with Crippen LogP contribution in [0.15, 0.2) is 29.8 Å². The number of hydrogen-bond acceptors (Lipinski definition) is 4. The first-order chi connectivity index (χ1) is 8.33. The molecule has 3 nitrogen and oxygen atoms in total. The van der Waals surface area contributed by atoms with Gasteiger partial charge in [0.25, 0.3) is 0 Å². The van der Waals surface area contributed by atoms with Crippen LogP contribution in [0.1, 0.15) is 20.9 Å². The van der Waals surface area contributed by atoms with E-state index >= 15 is 0 Å². The normalized spacial score (nSPS) is 13.2. The topological polar surface area (TPSA) is 42.0 Å². The zero-order valence-electron chi connectivity index (χ0n) is 9.27. The maximum atomic E-state index is 12.1. The third kappa shape index (κ3) is 2.08. The van der Waals surface area contributed by atoms with Crippen LogP contribution in [-0.2, 0) is 12.8 Å². The standard InChI is InChI=1S/C13H12N2OS/c16-12(8-13-15-5-6-17-13)10-2-1-9-3-4-14-11(9)7-10/h1-2,5-7,14H,3-4,8H2. The average Bonchev–Trinajstić information content (AvgIpc) is 2.97. The Balaban J connectivity index is 1.82. The molecular weight excluding hydrogens is 232 g/mol. The number of benzene rings is 1. The number of hydrogen-bond donors (Lipinski definition) is 1. The molecular formula is C13H12N2OS. The summed E-state index contributed by atoms with van der Waals surface area (Å²) in [5.74, 6) is 0.136. The van der Waals surface area contributed by atoms with E-state index in [0.717, 1.165) is 29.2 Å². The first-order valence-corrected chi connectivity index (χ1v) is 6.49. The third-order valence-electron chi connectivity index (χ3n) is 2.94.